The van der Waals surface area contributed by atoms with E-state index in [-0.39, 0.29) is 24.6 Å². The van der Waals surface area contributed by atoms with Gasteiger partial charge in [0.15, 0.2) is 0 Å². The predicted molar refractivity (Wildman–Crippen MR) is 55.3 cm³/mol. The standard InChI is InChI=1S/C9H15NO5S/c11-7-3-8(9(12)13)10(4-7)16(14,15)5-6-1-2-6/h6-8,11H,1-5H2,(H,12,13). The molecule has 7 heteroatoms. The van der Waals surface area contributed by atoms with Gasteiger partial charge in [0.2, 0.25) is 10.0 Å². The molecule has 0 aromatic heterocycles. The van der Waals surface area contributed by atoms with Crippen molar-refractivity contribution in [3.8, 4) is 0 Å². The zero-order valence-electron chi connectivity index (χ0n) is 8.74. The van der Waals surface area contributed by atoms with Crippen LogP contribution in [-0.4, -0.2) is 53.3 Å². The zero-order chi connectivity index (χ0) is 11.9. The molecule has 92 valence electrons. The van der Waals surface area contributed by atoms with Crippen LogP contribution in [0.5, 0.6) is 0 Å². The Balaban J connectivity index is 2.14. The fraction of sp³-hybridized carbons (Fsp3) is 0.889. The van der Waals surface area contributed by atoms with Gasteiger partial charge in [-0.15, -0.1) is 0 Å². The summed E-state index contributed by atoms with van der Waals surface area (Å²) in [5.41, 5.74) is 0. The summed E-state index contributed by atoms with van der Waals surface area (Å²) in [6, 6.07) is -1.10. The monoisotopic (exact) mass is 249 g/mol. The van der Waals surface area contributed by atoms with Crippen molar-refractivity contribution in [3.05, 3.63) is 0 Å². The van der Waals surface area contributed by atoms with Crippen LogP contribution in [0.1, 0.15) is 19.3 Å². The highest BCUT2D eigenvalue weighted by molar-refractivity contribution is 7.89. The van der Waals surface area contributed by atoms with Crippen molar-refractivity contribution < 1.29 is 23.4 Å². The number of hydrogen-bond acceptors (Lipinski definition) is 4. The molecule has 1 saturated heterocycles. The van der Waals surface area contributed by atoms with Gasteiger partial charge in [-0.3, -0.25) is 4.79 Å². The van der Waals surface area contributed by atoms with E-state index in [1.54, 1.807) is 0 Å². The highest BCUT2D eigenvalue weighted by Crippen LogP contribution is 2.33. The molecule has 2 N–H and O–H groups in total. The summed E-state index contributed by atoms with van der Waals surface area (Å²) in [5, 5.41) is 18.3. The van der Waals surface area contributed by atoms with Crippen LogP contribution in [-0.2, 0) is 14.8 Å². The van der Waals surface area contributed by atoms with E-state index in [9.17, 15) is 18.3 Å². The number of carboxylic acids is 1. The van der Waals surface area contributed by atoms with Crippen LogP contribution in [0.2, 0.25) is 0 Å². The Morgan fingerprint density at radius 2 is 2.00 bits per heavy atom. The zero-order valence-corrected chi connectivity index (χ0v) is 9.56. The second kappa shape index (κ2) is 3.97. The molecular formula is C9H15NO5S. The highest BCUT2D eigenvalue weighted by atomic mass is 32.2. The van der Waals surface area contributed by atoms with E-state index < -0.39 is 28.1 Å². The molecule has 2 aliphatic rings. The van der Waals surface area contributed by atoms with Gasteiger partial charge >= 0.3 is 5.97 Å². The minimum absolute atomic E-state index is 0.0147. The quantitative estimate of drug-likeness (QED) is 0.683. The number of rotatable bonds is 4. The van der Waals surface area contributed by atoms with E-state index in [0.717, 1.165) is 17.1 Å². The number of carbonyl (C=O) groups is 1. The van der Waals surface area contributed by atoms with Gasteiger partial charge in [-0.1, -0.05) is 0 Å². The van der Waals surface area contributed by atoms with Gasteiger partial charge in [0.25, 0.3) is 0 Å². The van der Waals surface area contributed by atoms with E-state index in [4.69, 9.17) is 5.11 Å². The maximum atomic E-state index is 11.9. The van der Waals surface area contributed by atoms with Crippen molar-refractivity contribution in [1.82, 2.24) is 4.31 Å². The number of β-amino-alcohol motifs (C(OH)–C–C–N with tert-alkyl or cyclic N) is 1. The molecule has 1 saturated carbocycles. The van der Waals surface area contributed by atoms with Gasteiger partial charge in [-0.05, 0) is 18.8 Å². The number of aliphatic hydroxyl groups is 1. The number of hydrogen-bond donors (Lipinski definition) is 2. The van der Waals surface area contributed by atoms with Gasteiger partial charge < -0.3 is 10.2 Å². The fourth-order valence-electron chi connectivity index (χ4n) is 1.99. The molecule has 0 aromatic carbocycles. The third-order valence-electron chi connectivity index (χ3n) is 3.02. The molecule has 1 aliphatic heterocycles. The van der Waals surface area contributed by atoms with E-state index in [2.05, 4.69) is 0 Å². The first-order valence-electron chi connectivity index (χ1n) is 5.30. The molecule has 0 spiro atoms. The molecule has 2 atom stereocenters. The number of carboxylic acid groups (broad SMARTS) is 1. The Kier molecular flexibility index (Phi) is 2.93. The highest BCUT2D eigenvalue weighted by Gasteiger charge is 2.44. The topological polar surface area (TPSA) is 94.9 Å². The molecule has 0 amide bonds. The Morgan fingerprint density at radius 3 is 2.50 bits per heavy atom. The van der Waals surface area contributed by atoms with E-state index in [0.29, 0.717) is 0 Å². The molecule has 0 aromatic rings. The van der Waals surface area contributed by atoms with Gasteiger partial charge in [0, 0.05) is 13.0 Å². The second-order valence-electron chi connectivity index (χ2n) is 4.54. The lowest BCUT2D eigenvalue weighted by Crippen LogP contribution is -2.42. The van der Waals surface area contributed by atoms with E-state index in [1.165, 1.54) is 0 Å². The first kappa shape index (κ1) is 11.8. The van der Waals surface area contributed by atoms with E-state index in [1.807, 2.05) is 0 Å². The van der Waals surface area contributed by atoms with Gasteiger partial charge in [0.1, 0.15) is 6.04 Å². The molecular weight excluding hydrogens is 234 g/mol. The van der Waals surface area contributed by atoms with Gasteiger partial charge in [-0.25, -0.2) is 8.42 Å². The first-order chi connectivity index (χ1) is 7.40. The molecule has 16 heavy (non-hydrogen) atoms. The van der Waals surface area contributed by atoms with Crippen LogP contribution in [0.4, 0.5) is 0 Å². The lowest BCUT2D eigenvalue weighted by molar-refractivity contribution is -0.140. The molecule has 2 fully saturated rings. The fourth-order valence-corrected chi connectivity index (χ4v) is 4.08. The van der Waals surface area contributed by atoms with Crippen LogP contribution in [0.15, 0.2) is 0 Å². The van der Waals surface area contributed by atoms with Crippen LogP contribution in [0.25, 0.3) is 0 Å². The average molecular weight is 249 g/mol. The number of sulfonamides is 1. The number of aliphatic carboxylic acids is 1. The normalized spacial score (nSPS) is 31.8. The maximum absolute atomic E-state index is 11.9. The van der Waals surface area contributed by atoms with Gasteiger partial charge in [0.05, 0.1) is 11.9 Å². The van der Waals surface area contributed by atoms with Crippen molar-refractivity contribution in [2.45, 2.75) is 31.4 Å². The minimum Gasteiger partial charge on any atom is -0.480 e. The Hall–Kier alpha value is -0.660. The lowest BCUT2D eigenvalue weighted by atomic mass is 10.2. The van der Waals surface area contributed by atoms with Crippen molar-refractivity contribution in [2.75, 3.05) is 12.3 Å². The third-order valence-corrected chi connectivity index (χ3v) is 5.03. The van der Waals surface area contributed by atoms with Crippen molar-refractivity contribution in [3.63, 3.8) is 0 Å². The van der Waals surface area contributed by atoms with Crippen LogP contribution < -0.4 is 0 Å². The first-order valence-corrected chi connectivity index (χ1v) is 6.91. The Bertz CT molecular complexity index is 389. The number of nitrogens with zero attached hydrogens (tertiary/aromatic N) is 1. The molecule has 6 nitrogen and oxygen atoms in total. The Morgan fingerprint density at radius 1 is 1.38 bits per heavy atom. The molecule has 2 unspecified atom stereocenters. The summed E-state index contributed by atoms with van der Waals surface area (Å²) in [6.45, 7) is -0.0913. The largest absolute Gasteiger partial charge is 0.480 e. The third kappa shape index (κ3) is 2.36. The van der Waals surface area contributed by atoms with Gasteiger partial charge in [-0.2, -0.15) is 4.31 Å². The lowest BCUT2D eigenvalue weighted by Gasteiger charge is -2.20. The average Bonchev–Trinajstić information content (AvgIpc) is 2.84. The Labute approximate surface area is 93.9 Å². The molecule has 1 aliphatic carbocycles. The maximum Gasteiger partial charge on any atom is 0.322 e. The molecule has 1 heterocycles. The van der Waals surface area contributed by atoms with Crippen LogP contribution in [0.3, 0.4) is 0 Å². The molecule has 0 radical (unpaired) electrons. The number of aliphatic hydroxyl groups excluding tert-OH is 1. The molecule has 2 rings (SSSR count). The predicted octanol–water partition coefficient (Wildman–Crippen LogP) is -0.754. The summed E-state index contributed by atoms with van der Waals surface area (Å²) in [7, 11) is -3.53. The van der Waals surface area contributed by atoms with Crippen molar-refractivity contribution in [1.29, 1.82) is 0 Å². The summed E-state index contributed by atoms with van der Waals surface area (Å²) < 4.78 is 24.7. The SMILES string of the molecule is O=C(O)C1CC(O)CN1S(=O)(=O)CC1CC1. The smallest absolute Gasteiger partial charge is 0.322 e. The summed E-state index contributed by atoms with van der Waals surface area (Å²) in [5.74, 6) is -0.989. The summed E-state index contributed by atoms with van der Waals surface area (Å²) >= 11 is 0. The van der Waals surface area contributed by atoms with Crippen molar-refractivity contribution >= 4 is 16.0 Å². The van der Waals surface area contributed by atoms with Crippen LogP contribution >= 0.6 is 0 Å². The summed E-state index contributed by atoms with van der Waals surface area (Å²) in [4.78, 5) is 10.9. The minimum atomic E-state index is -3.53. The second-order valence-corrected chi connectivity index (χ2v) is 6.50. The van der Waals surface area contributed by atoms with Crippen molar-refractivity contribution in [2.24, 2.45) is 5.92 Å². The molecule has 0 bridgehead atoms. The van der Waals surface area contributed by atoms with E-state index >= 15 is 0 Å². The summed E-state index contributed by atoms with van der Waals surface area (Å²) in [6.07, 6.45) is 0.912. The van der Waals surface area contributed by atoms with Crippen LogP contribution in [0, 0.1) is 5.92 Å².